The van der Waals surface area contributed by atoms with Crippen LogP contribution >= 0.6 is 0 Å². The molecule has 1 aliphatic carbocycles. The Balaban J connectivity index is 1.09. The van der Waals surface area contributed by atoms with Gasteiger partial charge in [-0.05, 0) is 32.7 Å². The summed E-state index contributed by atoms with van der Waals surface area (Å²) < 4.78 is 7.09. The second-order valence-electron chi connectivity index (χ2n) is 11.5. The lowest BCUT2D eigenvalue weighted by atomic mass is 9.95. The van der Waals surface area contributed by atoms with E-state index < -0.39 is 0 Å². The van der Waals surface area contributed by atoms with Gasteiger partial charge in [0.25, 0.3) is 0 Å². The predicted molar refractivity (Wildman–Crippen MR) is 168 cm³/mol. The number of rotatable bonds is 14. The van der Waals surface area contributed by atoms with Crippen LogP contribution in [0.1, 0.15) is 51.1 Å². The summed E-state index contributed by atoms with van der Waals surface area (Å²) in [6.07, 6.45) is 9.54. The minimum Gasteiger partial charge on any atom is -0.450 e. The highest BCUT2D eigenvalue weighted by molar-refractivity contribution is 5.68. The second-order valence-corrected chi connectivity index (χ2v) is 11.5. The van der Waals surface area contributed by atoms with E-state index in [0.29, 0.717) is 51.3 Å². The lowest BCUT2D eigenvalue weighted by Gasteiger charge is -2.35. The highest BCUT2D eigenvalue weighted by atomic mass is 16.6. The van der Waals surface area contributed by atoms with Gasteiger partial charge in [-0.3, -0.25) is 4.68 Å². The number of nitrogens with zero attached hydrogens (tertiary/aromatic N) is 8. The largest absolute Gasteiger partial charge is 0.450 e. The van der Waals surface area contributed by atoms with Gasteiger partial charge in [0, 0.05) is 84.1 Å². The van der Waals surface area contributed by atoms with Crippen molar-refractivity contribution in [3.8, 4) is 0 Å². The second kappa shape index (κ2) is 16.6. The van der Waals surface area contributed by atoms with E-state index in [1.807, 2.05) is 17.8 Å². The number of ether oxygens (including phenoxy) is 1. The van der Waals surface area contributed by atoms with Gasteiger partial charge in [0.2, 0.25) is 5.95 Å². The number of nitrogens with one attached hydrogen (secondary N) is 4. The van der Waals surface area contributed by atoms with Crippen molar-refractivity contribution in [1.29, 1.82) is 0 Å². The fourth-order valence-corrected chi connectivity index (χ4v) is 5.91. The number of carbonyl (C=O) groups is 1. The summed E-state index contributed by atoms with van der Waals surface area (Å²) in [5.41, 5.74) is 0.852. The van der Waals surface area contributed by atoms with E-state index >= 15 is 0 Å². The van der Waals surface area contributed by atoms with Crippen LogP contribution in [0.25, 0.3) is 0 Å². The number of anilines is 3. The first-order chi connectivity index (χ1) is 21.2. The van der Waals surface area contributed by atoms with Gasteiger partial charge in [0.15, 0.2) is 0 Å². The predicted octanol–water partition coefficient (Wildman–Crippen LogP) is 1.27. The molecule has 3 fully saturated rings. The molecule has 4 heterocycles. The molecule has 3 aliphatic rings. The first kappa shape index (κ1) is 31.2. The van der Waals surface area contributed by atoms with Crippen molar-refractivity contribution in [1.82, 2.24) is 45.8 Å². The molecule has 14 heteroatoms. The Kier molecular flexibility index (Phi) is 12.0. The Morgan fingerprint density at radius 1 is 0.977 bits per heavy atom. The smallest absolute Gasteiger partial charge is 0.409 e. The topological polar surface area (TPSA) is 141 Å². The fourth-order valence-electron chi connectivity index (χ4n) is 5.91. The Bertz CT molecular complexity index is 1110. The summed E-state index contributed by atoms with van der Waals surface area (Å²) in [5, 5.41) is 22.7. The van der Waals surface area contributed by atoms with E-state index in [1.165, 1.54) is 32.1 Å². The van der Waals surface area contributed by atoms with Crippen LogP contribution in [0.15, 0.2) is 12.3 Å². The summed E-state index contributed by atoms with van der Waals surface area (Å²) >= 11 is 0. The number of carbonyl (C=O) groups excluding carboxylic acids is 1. The molecule has 2 aromatic heterocycles. The van der Waals surface area contributed by atoms with Crippen LogP contribution in [-0.4, -0.2) is 121 Å². The number of aromatic nitrogens is 5. The maximum absolute atomic E-state index is 12.2. The Morgan fingerprint density at radius 2 is 1.72 bits per heavy atom. The van der Waals surface area contributed by atoms with Crippen LogP contribution in [0, 0.1) is 0 Å². The Hall–Kier alpha value is -3.23. The summed E-state index contributed by atoms with van der Waals surface area (Å²) in [4.78, 5) is 28.1. The quantitative estimate of drug-likeness (QED) is 0.233. The molecule has 0 radical (unpaired) electrons. The van der Waals surface area contributed by atoms with Crippen LogP contribution in [0.4, 0.5) is 22.4 Å². The van der Waals surface area contributed by atoms with Gasteiger partial charge in [-0.25, -0.2) is 4.79 Å². The first-order valence-electron chi connectivity index (χ1n) is 16.3. The van der Waals surface area contributed by atoms with Crippen LogP contribution in [0.2, 0.25) is 0 Å². The Labute approximate surface area is 255 Å². The van der Waals surface area contributed by atoms with Crippen molar-refractivity contribution in [3.63, 3.8) is 0 Å². The molecular formula is C29H50N12O2. The van der Waals surface area contributed by atoms with Gasteiger partial charge in [0.05, 0.1) is 19.3 Å². The third-order valence-corrected chi connectivity index (χ3v) is 8.36. The molecule has 0 aromatic carbocycles. The number of hydrogen-bond donors (Lipinski definition) is 4. The van der Waals surface area contributed by atoms with Gasteiger partial charge in [-0.15, -0.1) is 5.10 Å². The van der Waals surface area contributed by atoms with Crippen molar-refractivity contribution in [2.24, 2.45) is 0 Å². The molecule has 0 bridgehead atoms. The molecule has 238 valence electrons. The third-order valence-electron chi connectivity index (χ3n) is 8.36. The molecule has 1 saturated carbocycles. The molecule has 14 nitrogen and oxygen atoms in total. The SMILES string of the molecule is CCOC(=O)N1CCN(c2cc(N3CCNCC3)nc(NCc3cn(CCCNCCNC4CCCCC4)nn3)n2)CC1. The number of piperazine rings is 2. The monoisotopic (exact) mass is 598 g/mol. The van der Waals surface area contributed by atoms with Crippen LogP contribution in [-0.2, 0) is 17.8 Å². The molecule has 1 amide bonds. The number of amides is 1. The highest BCUT2D eigenvalue weighted by Crippen LogP contribution is 2.23. The zero-order valence-corrected chi connectivity index (χ0v) is 25.8. The molecule has 0 unspecified atom stereocenters. The normalized spacial score (nSPS) is 18.2. The van der Waals surface area contributed by atoms with Gasteiger partial charge in [-0.2, -0.15) is 9.97 Å². The van der Waals surface area contributed by atoms with Crippen molar-refractivity contribution >= 4 is 23.7 Å². The van der Waals surface area contributed by atoms with E-state index in [1.54, 1.807) is 4.90 Å². The Morgan fingerprint density at radius 3 is 2.47 bits per heavy atom. The molecule has 0 atom stereocenters. The molecule has 2 aromatic rings. The molecule has 5 rings (SSSR count). The molecule has 4 N–H and O–H groups in total. The van der Waals surface area contributed by atoms with Crippen molar-refractivity contribution in [2.75, 3.05) is 93.7 Å². The highest BCUT2D eigenvalue weighted by Gasteiger charge is 2.24. The van der Waals surface area contributed by atoms with Crippen LogP contribution in [0.3, 0.4) is 0 Å². The fraction of sp³-hybridized carbons (Fsp3) is 0.759. The van der Waals surface area contributed by atoms with E-state index in [0.717, 1.165) is 76.1 Å². The van der Waals surface area contributed by atoms with Gasteiger partial charge in [0.1, 0.15) is 17.3 Å². The van der Waals surface area contributed by atoms with E-state index in [4.69, 9.17) is 14.7 Å². The first-order valence-corrected chi connectivity index (χ1v) is 16.3. The van der Waals surface area contributed by atoms with Crippen LogP contribution < -0.4 is 31.1 Å². The summed E-state index contributed by atoms with van der Waals surface area (Å²) in [6.45, 7) is 12.8. The molecule has 0 spiro atoms. The molecule has 43 heavy (non-hydrogen) atoms. The summed E-state index contributed by atoms with van der Waals surface area (Å²) in [7, 11) is 0. The number of hydrogen-bond acceptors (Lipinski definition) is 12. The molecule has 2 aliphatic heterocycles. The van der Waals surface area contributed by atoms with Crippen molar-refractivity contribution in [2.45, 2.75) is 64.6 Å². The summed E-state index contributed by atoms with van der Waals surface area (Å²) in [5.74, 6) is 2.34. The van der Waals surface area contributed by atoms with Crippen molar-refractivity contribution in [3.05, 3.63) is 18.0 Å². The standard InChI is InChI=1S/C29H50N12O2/c1-2-43-29(42)40-19-17-39(18-20-40)27-21-26(38-15-12-31-13-16-38)34-28(35-27)33-22-25-23-41(37-36-25)14-6-9-30-10-11-32-24-7-4-3-5-8-24/h21,23-24,30-32H,2-20,22H2,1H3,(H,33,34,35). The summed E-state index contributed by atoms with van der Waals surface area (Å²) in [6, 6.07) is 2.78. The minimum absolute atomic E-state index is 0.250. The number of aryl methyl sites for hydroxylation is 1. The minimum atomic E-state index is -0.250. The lowest BCUT2D eigenvalue weighted by molar-refractivity contribution is 0.105. The molecule has 2 saturated heterocycles. The average molecular weight is 599 g/mol. The van der Waals surface area contributed by atoms with Crippen LogP contribution in [0.5, 0.6) is 0 Å². The molecular weight excluding hydrogens is 548 g/mol. The zero-order chi connectivity index (χ0) is 29.7. The third kappa shape index (κ3) is 9.63. The lowest BCUT2D eigenvalue weighted by Crippen LogP contribution is -2.49. The van der Waals surface area contributed by atoms with Gasteiger partial charge < -0.3 is 40.7 Å². The zero-order valence-electron chi connectivity index (χ0n) is 25.8. The van der Waals surface area contributed by atoms with Crippen molar-refractivity contribution < 1.29 is 9.53 Å². The van der Waals surface area contributed by atoms with Gasteiger partial charge in [-0.1, -0.05) is 24.5 Å². The van der Waals surface area contributed by atoms with Gasteiger partial charge >= 0.3 is 6.09 Å². The average Bonchev–Trinajstić information content (AvgIpc) is 3.52. The van der Waals surface area contributed by atoms with E-state index in [2.05, 4.69) is 47.4 Å². The van der Waals surface area contributed by atoms with E-state index in [9.17, 15) is 4.79 Å². The maximum Gasteiger partial charge on any atom is 0.409 e. The van der Waals surface area contributed by atoms with E-state index in [-0.39, 0.29) is 6.09 Å². The maximum atomic E-state index is 12.2.